The molecule has 2 heterocycles. The van der Waals surface area contributed by atoms with Crippen molar-refractivity contribution in [3.05, 3.63) is 53.3 Å². The van der Waals surface area contributed by atoms with Crippen molar-refractivity contribution in [1.29, 1.82) is 0 Å². The fourth-order valence-corrected chi connectivity index (χ4v) is 4.57. The molecule has 0 radical (unpaired) electrons. The third-order valence-electron chi connectivity index (χ3n) is 5.77. The first-order valence-corrected chi connectivity index (χ1v) is 10.2. The van der Waals surface area contributed by atoms with Gasteiger partial charge in [0.1, 0.15) is 11.7 Å². The third kappa shape index (κ3) is 4.29. The standard InChI is InChI=1S/C23H23F4N3O/c1-13-8-14(2)12-30(11-13)20-7-6-15(9-17(20)23(25,26)27)28-10-16-21-18(24)4-3-5-19(21)29-22(16)31/h3-7,9-10,13-14,16H,8,11-12H2,1-2H3,(H,29,31). The van der Waals surface area contributed by atoms with Crippen molar-refractivity contribution in [3.63, 3.8) is 0 Å². The van der Waals surface area contributed by atoms with Crippen LogP contribution >= 0.6 is 0 Å². The molecule has 3 atom stereocenters. The molecule has 1 fully saturated rings. The molecule has 1 saturated heterocycles. The number of anilines is 2. The van der Waals surface area contributed by atoms with Crippen molar-refractivity contribution < 1.29 is 22.4 Å². The fourth-order valence-electron chi connectivity index (χ4n) is 4.57. The van der Waals surface area contributed by atoms with Gasteiger partial charge in [0, 0.05) is 36.2 Å². The lowest BCUT2D eigenvalue weighted by molar-refractivity contribution is -0.137. The monoisotopic (exact) mass is 433 g/mol. The van der Waals surface area contributed by atoms with E-state index in [9.17, 15) is 22.4 Å². The van der Waals surface area contributed by atoms with Gasteiger partial charge >= 0.3 is 6.18 Å². The number of halogens is 4. The number of piperidine rings is 1. The first-order valence-electron chi connectivity index (χ1n) is 10.2. The van der Waals surface area contributed by atoms with E-state index in [2.05, 4.69) is 10.3 Å². The van der Waals surface area contributed by atoms with Crippen LogP contribution in [0.15, 0.2) is 41.4 Å². The van der Waals surface area contributed by atoms with Crippen molar-refractivity contribution in [2.75, 3.05) is 23.3 Å². The summed E-state index contributed by atoms with van der Waals surface area (Å²) in [5.41, 5.74) is -0.0566. The number of carbonyl (C=O) groups excluding carboxylic acids is 1. The molecule has 2 aliphatic rings. The van der Waals surface area contributed by atoms with Gasteiger partial charge < -0.3 is 10.2 Å². The van der Waals surface area contributed by atoms with Crippen molar-refractivity contribution in [3.8, 4) is 0 Å². The average molecular weight is 433 g/mol. The molecule has 4 nitrogen and oxygen atoms in total. The minimum atomic E-state index is -4.55. The average Bonchev–Trinajstić information content (AvgIpc) is 3.01. The van der Waals surface area contributed by atoms with Crippen molar-refractivity contribution in [1.82, 2.24) is 0 Å². The lowest BCUT2D eigenvalue weighted by atomic mass is 9.91. The van der Waals surface area contributed by atoms with E-state index in [-0.39, 0.29) is 16.9 Å². The van der Waals surface area contributed by atoms with Gasteiger partial charge in [0.25, 0.3) is 0 Å². The second-order valence-electron chi connectivity index (χ2n) is 8.50. The molecule has 31 heavy (non-hydrogen) atoms. The molecular weight excluding hydrogens is 410 g/mol. The number of rotatable bonds is 3. The van der Waals surface area contributed by atoms with Gasteiger partial charge in [0.2, 0.25) is 5.91 Å². The Morgan fingerprint density at radius 1 is 1.13 bits per heavy atom. The Balaban J connectivity index is 1.66. The van der Waals surface area contributed by atoms with Crippen LogP contribution in [-0.4, -0.2) is 25.2 Å². The molecule has 3 unspecified atom stereocenters. The number of nitrogens with zero attached hydrogens (tertiary/aromatic N) is 2. The third-order valence-corrected chi connectivity index (χ3v) is 5.77. The summed E-state index contributed by atoms with van der Waals surface area (Å²) in [5.74, 6) is -1.41. The largest absolute Gasteiger partial charge is 0.418 e. The SMILES string of the molecule is CC1CC(C)CN(c2ccc(N=CC3C(=O)Nc4cccc(F)c43)cc2C(F)(F)F)C1. The van der Waals surface area contributed by atoms with Gasteiger partial charge in [-0.15, -0.1) is 0 Å². The predicted molar refractivity (Wildman–Crippen MR) is 113 cm³/mol. The topological polar surface area (TPSA) is 44.7 Å². The van der Waals surface area contributed by atoms with Gasteiger partial charge in [-0.2, -0.15) is 13.2 Å². The summed E-state index contributed by atoms with van der Waals surface area (Å²) in [6.45, 7) is 5.21. The lowest BCUT2D eigenvalue weighted by Gasteiger charge is -2.37. The zero-order valence-corrected chi connectivity index (χ0v) is 17.2. The van der Waals surface area contributed by atoms with Crippen LogP contribution in [0.25, 0.3) is 0 Å². The van der Waals surface area contributed by atoms with Crippen LogP contribution in [0.4, 0.5) is 34.6 Å². The molecule has 2 aromatic rings. The van der Waals surface area contributed by atoms with Crippen LogP contribution in [0.3, 0.4) is 0 Å². The van der Waals surface area contributed by atoms with Gasteiger partial charge in [-0.25, -0.2) is 4.39 Å². The van der Waals surface area contributed by atoms with Gasteiger partial charge in [-0.1, -0.05) is 19.9 Å². The normalized spacial score (nSPS) is 23.9. The lowest BCUT2D eigenvalue weighted by Crippen LogP contribution is -2.39. The molecule has 1 N–H and O–H groups in total. The van der Waals surface area contributed by atoms with Crippen molar-refractivity contribution >= 4 is 29.2 Å². The minimum absolute atomic E-state index is 0.0618. The van der Waals surface area contributed by atoms with Crippen LogP contribution in [0.5, 0.6) is 0 Å². The second kappa shape index (κ2) is 7.98. The molecule has 2 aromatic carbocycles. The summed E-state index contributed by atoms with van der Waals surface area (Å²) >= 11 is 0. The van der Waals surface area contributed by atoms with Crippen LogP contribution in [0.1, 0.15) is 37.3 Å². The Bertz CT molecular complexity index is 1020. The highest BCUT2D eigenvalue weighted by Gasteiger charge is 2.37. The van der Waals surface area contributed by atoms with Crippen LogP contribution in [-0.2, 0) is 11.0 Å². The smallest absolute Gasteiger partial charge is 0.371 e. The zero-order chi connectivity index (χ0) is 22.3. The number of hydrogen-bond donors (Lipinski definition) is 1. The molecule has 0 spiro atoms. The number of aliphatic imine (C=N–C) groups is 1. The van der Waals surface area contributed by atoms with Gasteiger partial charge in [-0.3, -0.25) is 9.79 Å². The second-order valence-corrected chi connectivity index (χ2v) is 8.50. The number of carbonyl (C=O) groups is 1. The first kappa shape index (κ1) is 21.3. The van der Waals surface area contributed by atoms with E-state index >= 15 is 0 Å². The van der Waals surface area contributed by atoms with Crippen molar-refractivity contribution in [2.45, 2.75) is 32.4 Å². The summed E-state index contributed by atoms with van der Waals surface area (Å²) in [7, 11) is 0. The van der Waals surface area contributed by atoms with Crippen molar-refractivity contribution in [2.24, 2.45) is 16.8 Å². The molecule has 4 rings (SSSR count). The Hall–Kier alpha value is -2.90. The van der Waals surface area contributed by atoms with E-state index in [0.29, 0.717) is 30.6 Å². The summed E-state index contributed by atoms with van der Waals surface area (Å²) in [6.07, 6.45) is -2.36. The number of fused-ring (bicyclic) bond motifs is 1. The van der Waals surface area contributed by atoms with E-state index < -0.39 is 29.4 Å². The number of nitrogens with one attached hydrogen (secondary N) is 1. The number of hydrogen-bond acceptors (Lipinski definition) is 3. The van der Waals surface area contributed by atoms with E-state index in [1.807, 2.05) is 13.8 Å². The Labute approximate surface area is 178 Å². The molecular formula is C23H23F4N3O. The van der Waals surface area contributed by atoms with Gasteiger partial charge in [0.15, 0.2) is 0 Å². The molecule has 164 valence electrons. The number of benzene rings is 2. The Kier molecular flexibility index (Phi) is 5.49. The van der Waals surface area contributed by atoms with Gasteiger partial charge in [0.05, 0.1) is 11.3 Å². The van der Waals surface area contributed by atoms with E-state index in [4.69, 9.17) is 0 Å². The molecule has 2 aliphatic heterocycles. The number of alkyl halides is 3. The fraction of sp³-hybridized carbons (Fsp3) is 0.391. The highest BCUT2D eigenvalue weighted by molar-refractivity contribution is 6.12. The summed E-state index contributed by atoms with van der Waals surface area (Å²) in [4.78, 5) is 18.1. The number of amides is 1. The summed E-state index contributed by atoms with van der Waals surface area (Å²) in [6, 6.07) is 8.21. The maximum absolute atomic E-state index is 14.2. The highest BCUT2D eigenvalue weighted by atomic mass is 19.4. The minimum Gasteiger partial charge on any atom is -0.371 e. The van der Waals surface area contributed by atoms with Crippen LogP contribution in [0.2, 0.25) is 0 Å². The highest BCUT2D eigenvalue weighted by Crippen LogP contribution is 2.41. The maximum atomic E-state index is 14.2. The molecule has 0 aromatic heterocycles. The Morgan fingerprint density at radius 3 is 2.52 bits per heavy atom. The zero-order valence-electron chi connectivity index (χ0n) is 17.2. The molecule has 1 amide bonds. The van der Waals surface area contributed by atoms with E-state index in [0.717, 1.165) is 12.5 Å². The first-order chi connectivity index (χ1) is 14.6. The van der Waals surface area contributed by atoms with E-state index in [1.54, 1.807) is 11.0 Å². The summed E-state index contributed by atoms with van der Waals surface area (Å²) < 4.78 is 55.7. The van der Waals surface area contributed by atoms with Crippen LogP contribution < -0.4 is 10.2 Å². The predicted octanol–water partition coefficient (Wildman–Crippen LogP) is 5.77. The molecule has 0 bridgehead atoms. The molecule has 8 heteroatoms. The molecule has 0 saturated carbocycles. The van der Waals surface area contributed by atoms with Gasteiger partial charge in [-0.05, 0) is 48.6 Å². The molecule has 0 aliphatic carbocycles. The summed E-state index contributed by atoms with van der Waals surface area (Å²) in [5, 5.41) is 2.56. The van der Waals surface area contributed by atoms with E-state index in [1.165, 1.54) is 30.5 Å². The Morgan fingerprint density at radius 2 is 1.84 bits per heavy atom. The quantitative estimate of drug-likeness (QED) is 0.494. The maximum Gasteiger partial charge on any atom is 0.418 e. The van der Waals surface area contributed by atoms with Crippen LogP contribution in [0, 0.1) is 17.7 Å².